The third kappa shape index (κ3) is 3.53. The number of benzene rings is 2. The van der Waals surface area contributed by atoms with Gasteiger partial charge in [0.1, 0.15) is 5.57 Å². The molecule has 1 heterocycles. The van der Waals surface area contributed by atoms with Crippen LogP contribution >= 0.6 is 15.9 Å². The molecule has 0 spiro atoms. The number of aryl methyl sites for hydroxylation is 1. The van der Waals surface area contributed by atoms with Gasteiger partial charge in [-0.05, 0) is 47.9 Å². The number of hydrogen-bond donors (Lipinski definition) is 1. The van der Waals surface area contributed by atoms with E-state index in [9.17, 15) is 14.4 Å². The van der Waals surface area contributed by atoms with Crippen molar-refractivity contribution in [3.05, 3.63) is 69.7 Å². The number of rotatable bonds is 3. The molecule has 0 radical (unpaired) electrons. The van der Waals surface area contributed by atoms with E-state index >= 15 is 0 Å². The minimum absolute atomic E-state index is 0.0820. The quantitative estimate of drug-likeness (QED) is 0.633. The molecule has 3 rings (SSSR count). The second-order valence-electron chi connectivity index (χ2n) is 5.53. The standard InChI is InChI=1S/C19H15BrN2O3/c1-2-12-5-9-15(10-6-12)22-18(24)16(17(23)21-19(22)25)11-13-3-7-14(20)8-4-13/h3-11H,2H2,1H3,(H,21,23,25)/b16-11-. The molecule has 0 bridgehead atoms. The van der Waals surface area contributed by atoms with Crippen LogP contribution in [0.4, 0.5) is 10.5 Å². The summed E-state index contributed by atoms with van der Waals surface area (Å²) < 4.78 is 0.891. The smallest absolute Gasteiger partial charge is 0.273 e. The van der Waals surface area contributed by atoms with Gasteiger partial charge in [-0.25, -0.2) is 9.69 Å². The van der Waals surface area contributed by atoms with E-state index in [4.69, 9.17) is 0 Å². The number of urea groups is 1. The molecule has 0 atom stereocenters. The Kier molecular flexibility index (Phi) is 4.81. The molecule has 2 aromatic carbocycles. The number of carbonyl (C=O) groups is 3. The van der Waals surface area contributed by atoms with Gasteiger partial charge < -0.3 is 0 Å². The maximum Gasteiger partial charge on any atom is 0.335 e. The van der Waals surface area contributed by atoms with Gasteiger partial charge in [-0.2, -0.15) is 0 Å². The van der Waals surface area contributed by atoms with Crippen LogP contribution < -0.4 is 10.2 Å². The van der Waals surface area contributed by atoms with Gasteiger partial charge in [0.15, 0.2) is 0 Å². The van der Waals surface area contributed by atoms with Crippen LogP contribution in [-0.2, 0) is 16.0 Å². The Morgan fingerprint density at radius 1 is 1.00 bits per heavy atom. The Morgan fingerprint density at radius 3 is 2.24 bits per heavy atom. The van der Waals surface area contributed by atoms with E-state index in [0.29, 0.717) is 11.3 Å². The third-order valence-electron chi connectivity index (χ3n) is 3.89. The van der Waals surface area contributed by atoms with Crippen LogP contribution in [-0.4, -0.2) is 17.8 Å². The summed E-state index contributed by atoms with van der Waals surface area (Å²) in [5, 5.41) is 2.22. The molecule has 25 heavy (non-hydrogen) atoms. The highest BCUT2D eigenvalue weighted by atomic mass is 79.9. The maximum atomic E-state index is 12.7. The van der Waals surface area contributed by atoms with Gasteiger partial charge in [0, 0.05) is 4.47 Å². The van der Waals surface area contributed by atoms with E-state index in [1.54, 1.807) is 24.3 Å². The van der Waals surface area contributed by atoms with Gasteiger partial charge in [0.05, 0.1) is 5.69 Å². The van der Waals surface area contributed by atoms with Gasteiger partial charge in [-0.3, -0.25) is 14.9 Å². The summed E-state index contributed by atoms with van der Waals surface area (Å²) in [6.45, 7) is 2.02. The van der Waals surface area contributed by atoms with Crippen molar-refractivity contribution in [3.63, 3.8) is 0 Å². The minimum atomic E-state index is -0.743. The highest BCUT2D eigenvalue weighted by molar-refractivity contribution is 9.10. The first-order valence-corrected chi connectivity index (χ1v) is 8.55. The zero-order valence-electron chi connectivity index (χ0n) is 13.5. The highest BCUT2D eigenvalue weighted by Crippen LogP contribution is 2.23. The molecular formula is C19H15BrN2O3. The van der Waals surface area contributed by atoms with E-state index in [1.807, 2.05) is 31.2 Å². The molecule has 4 amide bonds. The number of nitrogens with zero attached hydrogens (tertiary/aromatic N) is 1. The zero-order chi connectivity index (χ0) is 18.0. The van der Waals surface area contributed by atoms with Crippen LogP contribution in [0.5, 0.6) is 0 Å². The Bertz CT molecular complexity index is 871. The molecule has 0 saturated carbocycles. The monoisotopic (exact) mass is 398 g/mol. The van der Waals surface area contributed by atoms with Crippen LogP contribution in [0.25, 0.3) is 6.08 Å². The number of anilines is 1. The Morgan fingerprint density at radius 2 is 1.64 bits per heavy atom. The summed E-state index contributed by atoms with van der Waals surface area (Å²) in [6, 6.07) is 13.5. The summed E-state index contributed by atoms with van der Waals surface area (Å²) in [5.74, 6) is -1.33. The Hall–Kier alpha value is -2.73. The summed E-state index contributed by atoms with van der Waals surface area (Å²) in [7, 11) is 0. The molecule has 5 nitrogen and oxygen atoms in total. The van der Waals surface area contributed by atoms with Gasteiger partial charge in [0.25, 0.3) is 11.8 Å². The zero-order valence-corrected chi connectivity index (χ0v) is 15.0. The van der Waals surface area contributed by atoms with Crippen molar-refractivity contribution >= 4 is 45.5 Å². The lowest BCUT2D eigenvalue weighted by molar-refractivity contribution is -0.122. The lowest BCUT2D eigenvalue weighted by Gasteiger charge is -2.26. The normalized spacial score (nSPS) is 16.3. The van der Waals surface area contributed by atoms with E-state index in [-0.39, 0.29) is 5.57 Å². The molecule has 1 aliphatic rings. The predicted octanol–water partition coefficient (Wildman–Crippen LogP) is 3.68. The number of halogens is 1. The molecule has 0 aliphatic carbocycles. The van der Waals surface area contributed by atoms with Crippen molar-refractivity contribution in [2.45, 2.75) is 13.3 Å². The lowest BCUT2D eigenvalue weighted by Crippen LogP contribution is -2.54. The Labute approximate surface area is 153 Å². The van der Waals surface area contributed by atoms with Crippen molar-refractivity contribution in [3.8, 4) is 0 Å². The van der Waals surface area contributed by atoms with Crippen molar-refractivity contribution in [2.24, 2.45) is 0 Å². The van der Waals surface area contributed by atoms with Gasteiger partial charge >= 0.3 is 6.03 Å². The molecule has 1 fully saturated rings. The SMILES string of the molecule is CCc1ccc(N2C(=O)NC(=O)/C(=C/c3ccc(Br)cc3)C2=O)cc1. The predicted molar refractivity (Wildman–Crippen MR) is 99.0 cm³/mol. The molecule has 0 unspecified atom stereocenters. The van der Waals surface area contributed by atoms with Gasteiger partial charge in [0.2, 0.25) is 0 Å². The van der Waals surface area contributed by atoms with Crippen molar-refractivity contribution < 1.29 is 14.4 Å². The van der Waals surface area contributed by atoms with E-state index in [1.165, 1.54) is 6.08 Å². The molecule has 1 saturated heterocycles. The van der Waals surface area contributed by atoms with Gasteiger partial charge in [-0.1, -0.05) is 47.1 Å². The van der Waals surface area contributed by atoms with E-state index in [2.05, 4.69) is 21.2 Å². The molecule has 0 aromatic heterocycles. The first-order valence-electron chi connectivity index (χ1n) is 7.75. The maximum absolute atomic E-state index is 12.7. The van der Waals surface area contributed by atoms with E-state index < -0.39 is 17.8 Å². The van der Waals surface area contributed by atoms with Crippen LogP contribution in [0.2, 0.25) is 0 Å². The van der Waals surface area contributed by atoms with Crippen molar-refractivity contribution in [1.29, 1.82) is 0 Å². The first kappa shape index (κ1) is 17.1. The fraction of sp³-hybridized carbons (Fsp3) is 0.105. The second kappa shape index (κ2) is 7.03. The van der Waals surface area contributed by atoms with Crippen molar-refractivity contribution in [2.75, 3.05) is 4.90 Å². The second-order valence-corrected chi connectivity index (χ2v) is 6.45. The summed E-state index contributed by atoms with van der Waals surface area (Å²) in [4.78, 5) is 38.0. The molecule has 126 valence electrons. The van der Waals surface area contributed by atoms with Gasteiger partial charge in [-0.15, -0.1) is 0 Å². The average molecular weight is 399 g/mol. The number of amides is 4. The third-order valence-corrected chi connectivity index (χ3v) is 4.41. The molecule has 1 aliphatic heterocycles. The largest absolute Gasteiger partial charge is 0.335 e. The topological polar surface area (TPSA) is 66.5 Å². The van der Waals surface area contributed by atoms with Crippen LogP contribution in [0.3, 0.4) is 0 Å². The van der Waals surface area contributed by atoms with Crippen LogP contribution in [0, 0.1) is 0 Å². The fourth-order valence-electron chi connectivity index (χ4n) is 2.50. The number of carbonyl (C=O) groups excluding carboxylic acids is 3. The summed E-state index contributed by atoms with van der Waals surface area (Å²) in [5.41, 5.74) is 2.13. The number of imide groups is 2. The lowest BCUT2D eigenvalue weighted by atomic mass is 10.1. The van der Waals surface area contributed by atoms with E-state index in [0.717, 1.165) is 21.4 Å². The summed E-state index contributed by atoms with van der Waals surface area (Å²) in [6.07, 6.45) is 2.33. The fourth-order valence-corrected chi connectivity index (χ4v) is 2.76. The molecule has 1 N–H and O–H groups in total. The number of barbiturate groups is 1. The molecular weight excluding hydrogens is 384 g/mol. The molecule has 6 heteroatoms. The first-order chi connectivity index (χ1) is 12.0. The Balaban J connectivity index is 1.97. The minimum Gasteiger partial charge on any atom is -0.273 e. The van der Waals surface area contributed by atoms with Crippen LogP contribution in [0.15, 0.2) is 58.6 Å². The number of nitrogens with one attached hydrogen (secondary N) is 1. The summed E-state index contributed by atoms with van der Waals surface area (Å²) >= 11 is 3.33. The van der Waals surface area contributed by atoms with Crippen molar-refractivity contribution in [1.82, 2.24) is 5.32 Å². The van der Waals surface area contributed by atoms with Crippen LogP contribution in [0.1, 0.15) is 18.1 Å². The average Bonchev–Trinajstić information content (AvgIpc) is 2.60. The highest BCUT2D eigenvalue weighted by Gasteiger charge is 2.36. The molecule has 2 aromatic rings. The number of hydrogen-bond acceptors (Lipinski definition) is 3.